The van der Waals surface area contributed by atoms with Gasteiger partial charge in [-0.2, -0.15) is 8.78 Å². The highest BCUT2D eigenvalue weighted by atomic mass is 19.3. The lowest BCUT2D eigenvalue weighted by molar-refractivity contribution is -0.223. The predicted molar refractivity (Wildman–Crippen MR) is 156 cm³/mol. The molecule has 218 valence electrons. The van der Waals surface area contributed by atoms with E-state index >= 15 is 0 Å². The first-order valence-corrected chi connectivity index (χ1v) is 15.3. The van der Waals surface area contributed by atoms with E-state index in [9.17, 15) is 13.2 Å². The van der Waals surface area contributed by atoms with E-state index in [2.05, 4.69) is 55.5 Å². The van der Waals surface area contributed by atoms with E-state index in [4.69, 9.17) is 9.47 Å². The summed E-state index contributed by atoms with van der Waals surface area (Å²) in [6, 6.07) is 13.5. The van der Waals surface area contributed by atoms with E-state index in [0.717, 1.165) is 50.2 Å². The van der Waals surface area contributed by atoms with Gasteiger partial charge >= 0.3 is 6.11 Å². The molecule has 2 aromatic rings. The number of halogens is 3. The molecular formula is C35H45F3O2. The van der Waals surface area contributed by atoms with Crippen LogP contribution >= 0.6 is 0 Å². The molecule has 2 saturated carbocycles. The fourth-order valence-electron chi connectivity index (χ4n) is 6.08. The first-order chi connectivity index (χ1) is 19.4. The minimum atomic E-state index is -3.24. The molecular weight excluding hydrogens is 509 g/mol. The number of ether oxygens (including phenoxy) is 2. The molecule has 0 amide bonds. The summed E-state index contributed by atoms with van der Waals surface area (Å²) in [6.07, 6.45) is 17.5. The maximum atomic E-state index is 14.7. The van der Waals surface area contributed by atoms with Crippen molar-refractivity contribution >= 4 is 0 Å². The number of unbranched alkanes of at least 4 members (excludes halogenated alkanes) is 3. The average molecular weight is 555 g/mol. The number of hydrogen-bond donors (Lipinski definition) is 0. The Balaban J connectivity index is 1.13. The number of allylic oxidation sites excluding steroid dienone is 4. The number of hydrogen-bond acceptors (Lipinski definition) is 2. The van der Waals surface area contributed by atoms with Crippen LogP contribution in [0.3, 0.4) is 0 Å². The molecule has 40 heavy (non-hydrogen) atoms. The summed E-state index contributed by atoms with van der Waals surface area (Å²) in [5.74, 6) is 1.24. The molecule has 2 aromatic carbocycles. The van der Waals surface area contributed by atoms with Gasteiger partial charge < -0.3 is 9.47 Å². The van der Waals surface area contributed by atoms with Crippen LogP contribution in [0.25, 0.3) is 0 Å². The fourth-order valence-corrected chi connectivity index (χ4v) is 6.08. The van der Waals surface area contributed by atoms with Crippen LogP contribution in [-0.4, -0.2) is 12.7 Å². The molecule has 0 spiro atoms. The van der Waals surface area contributed by atoms with Gasteiger partial charge in [-0.3, -0.25) is 0 Å². The van der Waals surface area contributed by atoms with Crippen molar-refractivity contribution in [2.24, 2.45) is 17.8 Å². The molecule has 2 fully saturated rings. The third-order valence-electron chi connectivity index (χ3n) is 8.61. The Morgan fingerprint density at radius 1 is 0.750 bits per heavy atom. The van der Waals surface area contributed by atoms with Crippen LogP contribution in [0.15, 0.2) is 72.8 Å². The Hall–Kier alpha value is -2.69. The molecule has 2 aliphatic carbocycles. The van der Waals surface area contributed by atoms with Crippen molar-refractivity contribution in [2.75, 3.05) is 6.61 Å². The van der Waals surface area contributed by atoms with E-state index in [1.54, 1.807) is 0 Å². The van der Waals surface area contributed by atoms with Gasteiger partial charge in [0.05, 0.1) is 12.5 Å². The maximum Gasteiger partial charge on any atom is 0.400 e. The molecule has 0 saturated heterocycles. The zero-order valence-corrected chi connectivity index (χ0v) is 23.9. The highest BCUT2D eigenvalue weighted by Gasteiger charge is 2.43. The largest absolute Gasteiger partial charge is 0.494 e. The van der Waals surface area contributed by atoms with Gasteiger partial charge in [-0.25, -0.2) is 4.39 Å². The van der Waals surface area contributed by atoms with Gasteiger partial charge in [-0.15, -0.1) is 0 Å². The van der Waals surface area contributed by atoms with Gasteiger partial charge in [0.2, 0.25) is 0 Å². The van der Waals surface area contributed by atoms with Gasteiger partial charge in [0, 0.05) is 0 Å². The van der Waals surface area contributed by atoms with Crippen molar-refractivity contribution in [3.63, 3.8) is 0 Å². The minimum Gasteiger partial charge on any atom is -0.494 e. The molecule has 0 bridgehead atoms. The Kier molecular flexibility index (Phi) is 11.6. The van der Waals surface area contributed by atoms with Crippen LogP contribution in [0.2, 0.25) is 0 Å². The van der Waals surface area contributed by atoms with E-state index < -0.39 is 17.8 Å². The van der Waals surface area contributed by atoms with Crippen LogP contribution in [0.1, 0.15) is 95.5 Å². The van der Waals surface area contributed by atoms with Crippen LogP contribution < -0.4 is 9.47 Å². The lowest BCUT2D eigenvalue weighted by Gasteiger charge is -2.32. The first kappa shape index (κ1) is 30.3. The second-order valence-electron chi connectivity index (χ2n) is 11.6. The third kappa shape index (κ3) is 9.45. The monoisotopic (exact) mass is 554 g/mol. The van der Waals surface area contributed by atoms with Crippen LogP contribution in [0.5, 0.6) is 11.5 Å². The van der Waals surface area contributed by atoms with Crippen molar-refractivity contribution in [1.82, 2.24) is 0 Å². The summed E-state index contributed by atoms with van der Waals surface area (Å²) in [6.45, 7) is 2.84. The maximum absolute atomic E-state index is 14.7. The zero-order chi connectivity index (χ0) is 28.2. The normalized spacial score (nSPS) is 24.0. The van der Waals surface area contributed by atoms with Crippen molar-refractivity contribution in [3.05, 3.63) is 84.2 Å². The summed E-state index contributed by atoms with van der Waals surface area (Å²) in [5.41, 5.74) is 1.41. The molecule has 0 N–H and O–H groups in total. The number of benzene rings is 2. The number of rotatable bonds is 13. The first-order valence-electron chi connectivity index (χ1n) is 15.3. The van der Waals surface area contributed by atoms with Gasteiger partial charge in [-0.05, 0) is 144 Å². The molecule has 0 aliphatic heterocycles. The van der Waals surface area contributed by atoms with Gasteiger partial charge in [-0.1, -0.05) is 36.4 Å². The quantitative estimate of drug-likeness (QED) is 0.181. The summed E-state index contributed by atoms with van der Waals surface area (Å²) in [5, 5.41) is 0. The van der Waals surface area contributed by atoms with E-state index in [1.165, 1.54) is 56.2 Å². The van der Waals surface area contributed by atoms with Gasteiger partial charge in [0.15, 0.2) is 0 Å². The SMILES string of the molecule is C/C=C/CCCCCOc1ccc(C2CCC(/C=C/C3CCC(C(F)(F)Oc4ccc(F)cc4)CC3)CC2)cc1. The van der Waals surface area contributed by atoms with E-state index in [-0.39, 0.29) is 5.75 Å². The summed E-state index contributed by atoms with van der Waals surface area (Å²) in [7, 11) is 0. The Bertz CT molecular complexity index is 1050. The van der Waals surface area contributed by atoms with Crippen molar-refractivity contribution < 1.29 is 22.6 Å². The topological polar surface area (TPSA) is 18.5 Å². The van der Waals surface area contributed by atoms with Crippen molar-refractivity contribution in [2.45, 2.75) is 96.0 Å². The fraction of sp³-hybridized carbons (Fsp3) is 0.543. The second-order valence-corrected chi connectivity index (χ2v) is 11.6. The van der Waals surface area contributed by atoms with Crippen LogP contribution in [-0.2, 0) is 0 Å². The zero-order valence-electron chi connectivity index (χ0n) is 23.9. The van der Waals surface area contributed by atoms with Gasteiger partial charge in [0.1, 0.15) is 17.3 Å². The van der Waals surface area contributed by atoms with E-state index in [1.807, 2.05) is 0 Å². The predicted octanol–water partition coefficient (Wildman–Crippen LogP) is 10.6. The lowest BCUT2D eigenvalue weighted by Crippen LogP contribution is -2.37. The van der Waals surface area contributed by atoms with Gasteiger partial charge in [0.25, 0.3) is 0 Å². The molecule has 0 unspecified atom stereocenters. The van der Waals surface area contributed by atoms with E-state index in [0.29, 0.717) is 30.6 Å². The highest BCUT2D eigenvalue weighted by molar-refractivity contribution is 5.30. The average Bonchev–Trinajstić information content (AvgIpc) is 2.97. The molecule has 0 radical (unpaired) electrons. The lowest BCUT2D eigenvalue weighted by atomic mass is 9.77. The Morgan fingerprint density at radius 2 is 1.35 bits per heavy atom. The van der Waals surface area contributed by atoms with Crippen LogP contribution in [0.4, 0.5) is 13.2 Å². The third-order valence-corrected chi connectivity index (χ3v) is 8.61. The van der Waals surface area contributed by atoms with Crippen molar-refractivity contribution in [1.29, 1.82) is 0 Å². The molecule has 0 aromatic heterocycles. The molecule has 2 nitrogen and oxygen atoms in total. The minimum absolute atomic E-state index is 0.00925. The standard InChI is InChI=1S/C35H45F3O2/c1-2-3-4-5-6-7-26-39-33-22-16-30(17-23-33)29-14-10-27(11-15-29)8-9-28-12-18-31(19-13-28)35(37,38)40-34-24-20-32(36)21-25-34/h2-3,8-9,16-17,20-25,27-29,31H,4-7,10-15,18-19,26H2,1H3/b3-2+,9-8+. The highest BCUT2D eigenvalue weighted by Crippen LogP contribution is 2.41. The molecule has 2 aliphatic rings. The summed E-state index contributed by atoms with van der Waals surface area (Å²) < 4.78 is 53.3. The summed E-state index contributed by atoms with van der Waals surface area (Å²) >= 11 is 0. The van der Waals surface area contributed by atoms with Crippen LogP contribution in [0, 0.1) is 23.6 Å². The van der Waals surface area contributed by atoms with Crippen molar-refractivity contribution in [3.8, 4) is 11.5 Å². The molecule has 4 rings (SSSR count). The smallest absolute Gasteiger partial charge is 0.400 e. The second kappa shape index (κ2) is 15.3. The summed E-state index contributed by atoms with van der Waals surface area (Å²) in [4.78, 5) is 0. The molecule has 5 heteroatoms. The molecule has 0 atom stereocenters. The Morgan fingerprint density at radius 3 is 1.98 bits per heavy atom. The molecule has 0 heterocycles. The Labute approximate surface area is 238 Å². The number of alkyl halides is 2.